The molecule has 8 nitrogen and oxygen atoms in total. The molecule has 172 valence electrons. The summed E-state index contributed by atoms with van der Waals surface area (Å²) in [5.74, 6) is 0.493. The molecule has 2 aromatic rings. The molecular formula is C25H26N2O6. The molecule has 1 N–H and O–H groups in total. The minimum atomic E-state index is -0.613. The summed E-state index contributed by atoms with van der Waals surface area (Å²) in [5.41, 5.74) is 1.01. The van der Waals surface area contributed by atoms with Crippen molar-refractivity contribution < 1.29 is 28.7 Å². The van der Waals surface area contributed by atoms with Crippen molar-refractivity contribution >= 4 is 29.1 Å². The third-order valence-electron chi connectivity index (χ3n) is 6.13. The minimum absolute atomic E-state index is 0.00539. The van der Waals surface area contributed by atoms with Crippen LogP contribution in [0.1, 0.15) is 53.8 Å². The van der Waals surface area contributed by atoms with Crippen molar-refractivity contribution in [3.63, 3.8) is 0 Å². The van der Waals surface area contributed by atoms with E-state index in [1.54, 1.807) is 54.3 Å². The summed E-state index contributed by atoms with van der Waals surface area (Å²) in [6.07, 6.45) is 1.47. The lowest BCUT2D eigenvalue weighted by atomic mass is 9.82. The molecule has 0 unspecified atom stereocenters. The van der Waals surface area contributed by atoms with Gasteiger partial charge in [-0.15, -0.1) is 0 Å². The molecule has 0 atom stereocenters. The highest BCUT2D eigenvalue weighted by Gasteiger charge is 2.43. The number of benzene rings is 2. The van der Waals surface area contributed by atoms with E-state index in [0.717, 1.165) is 0 Å². The van der Waals surface area contributed by atoms with Crippen LogP contribution in [-0.2, 0) is 9.59 Å². The molecule has 4 rings (SSSR count). The van der Waals surface area contributed by atoms with Crippen molar-refractivity contribution in [1.82, 2.24) is 4.90 Å². The molecule has 2 aliphatic rings. The number of fused-ring (bicyclic) bond motifs is 1. The Labute approximate surface area is 191 Å². The number of Topliss-reactive ketones (excluding diaryl/α,β-unsaturated/α-hetero) is 2. The molecule has 2 amide bonds. The number of amides is 2. The van der Waals surface area contributed by atoms with Crippen LogP contribution in [0.15, 0.2) is 42.5 Å². The number of piperidine rings is 1. The molecular weight excluding hydrogens is 424 g/mol. The first-order valence-corrected chi connectivity index (χ1v) is 10.9. The lowest BCUT2D eigenvalue weighted by molar-refractivity contribution is -0.132. The fourth-order valence-electron chi connectivity index (χ4n) is 4.21. The van der Waals surface area contributed by atoms with Gasteiger partial charge in [0, 0.05) is 50.2 Å². The molecule has 0 bridgehead atoms. The highest BCUT2D eigenvalue weighted by molar-refractivity contribution is 6.00. The number of hydrogen-bond acceptors (Lipinski definition) is 6. The Morgan fingerprint density at radius 2 is 1.76 bits per heavy atom. The Hall–Kier alpha value is -3.68. The molecule has 0 radical (unpaired) electrons. The van der Waals surface area contributed by atoms with E-state index in [9.17, 15) is 19.2 Å². The summed E-state index contributed by atoms with van der Waals surface area (Å²) in [6, 6.07) is 11.5. The summed E-state index contributed by atoms with van der Waals surface area (Å²) >= 11 is 0. The largest absolute Gasteiger partial charge is 0.486 e. The van der Waals surface area contributed by atoms with Gasteiger partial charge in [-0.3, -0.25) is 19.2 Å². The fraction of sp³-hybridized carbons (Fsp3) is 0.360. The van der Waals surface area contributed by atoms with Gasteiger partial charge < -0.3 is 19.7 Å². The van der Waals surface area contributed by atoms with Crippen LogP contribution in [0.4, 0.5) is 5.69 Å². The standard InChI is InChI=1S/C25H26N2O6/c1-16(28)18-3-5-19(6-4-18)26-24(31)15-32-20-7-8-21-22(30)14-25(33-23(21)13-20)9-11-27(12-10-25)17(2)29/h3-8,13H,9-12,14-15H2,1-2H3,(H,26,31). The predicted molar refractivity (Wildman–Crippen MR) is 121 cm³/mol. The number of hydrogen-bond donors (Lipinski definition) is 1. The van der Waals surface area contributed by atoms with Crippen LogP contribution in [0.25, 0.3) is 0 Å². The zero-order valence-corrected chi connectivity index (χ0v) is 18.7. The van der Waals surface area contributed by atoms with E-state index in [-0.39, 0.29) is 36.4 Å². The number of anilines is 1. The molecule has 0 aromatic heterocycles. The number of likely N-dealkylation sites (tertiary alicyclic amines) is 1. The molecule has 1 saturated heterocycles. The number of rotatable bonds is 5. The van der Waals surface area contributed by atoms with Crippen molar-refractivity contribution in [2.24, 2.45) is 0 Å². The fourth-order valence-corrected chi connectivity index (χ4v) is 4.21. The first-order valence-electron chi connectivity index (χ1n) is 10.9. The Morgan fingerprint density at radius 3 is 2.39 bits per heavy atom. The third-order valence-corrected chi connectivity index (χ3v) is 6.13. The molecule has 0 aliphatic carbocycles. The van der Waals surface area contributed by atoms with Gasteiger partial charge in [0.15, 0.2) is 18.2 Å². The molecule has 1 fully saturated rings. The van der Waals surface area contributed by atoms with Crippen LogP contribution in [0.2, 0.25) is 0 Å². The normalized spacial score (nSPS) is 16.5. The van der Waals surface area contributed by atoms with Crippen LogP contribution in [-0.4, -0.2) is 53.6 Å². The van der Waals surface area contributed by atoms with Crippen LogP contribution >= 0.6 is 0 Å². The monoisotopic (exact) mass is 450 g/mol. The molecule has 0 saturated carbocycles. The Bertz CT molecular complexity index is 1100. The second-order valence-corrected chi connectivity index (χ2v) is 8.52. The van der Waals surface area contributed by atoms with E-state index in [1.165, 1.54) is 6.92 Å². The van der Waals surface area contributed by atoms with Gasteiger partial charge in [-0.25, -0.2) is 0 Å². The first kappa shape index (κ1) is 22.5. The van der Waals surface area contributed by atoms with E-state index in [2.05, 4.69) is 5.32 Å². The van der Waals surface area contributed by atoms with Crippen LogP contribution in [0, 0.1) is 0 Å². The maximum Gasteiger partial charge on any atom is 0.262 e. The SMILES string of the molecule is CC(=O)c1ccc(NC(=O)COc2ccc3c(c2)OC2(CCN(C(C)=O)CC2)CC3=O)cc1. The van der Waals surface area contributed by atoms with Gasteiger partial charge in [0.2, 0.25) is 5.91 Å². The van der Waals surface area contributed by atoms with Crippen LogP contribution < -0.4 is 14.8 Å². The van der Waals surface area contributed by atoms with Crippen LogP contribution in [0.3, 0.4) is 0 Å². The number of carbonyl (C=O) groups excluding carboxylic acids is 4. The lowest BCUT2D eigenvalue weighted by Gasteiger charge is -2.43. The second kappa shape index (κ2) is 9.05. The number of carbonyl (C=O) groups is 4. The Balaban J connectivity index is 1.38. The molecule has 33 heavy (non-hydrogen) atoms. The van der Waals surface area contributed by atoms with Gasteiger partial charge in [-0.2, -0.15) is 0 Å². The van der Waals surface area contributed by atoms with Crippen molar-refractivity contribution in [2.45, 2.75) is 38.7 Å². The molecule has 8 heteroatoms. The van der Waals surface area contributed by atoms with Gasteiger partial charge in [-0.1, -0.05) is 0 Å². The highest BCUT2D eigenvalue weighted by Crippen LogP contribution is 2.40. The molecule has 1 spiro atoms. The van der Waals surface area contributed by atoms with E-state index < -0.39 is 5.60 Å². The zero-order valence-electron chi connectivity index (χ0n) is 18.7. The summed E-state index contributed by atoms with van der Waals surface area (Å²) in [7, 11) is 0. The average molecular weight is 450 g/mol. The molecule has 2 aliphatic heterocycles. The maximum absolute atomic E-state index is 12.7. The summed E-state index contributed by atoms with van der Waals surface area (Å²) in [6.45, 7) is 3.92. The van der Waals surface area contributed by atoms with Crippen molar-refractivity contribution in [1.29, 1.82) is 0 Å². The van der Waals surface area contributed by atoms with Crippen molar-refractivity contribution in [3.8, 4) is 11.5 Å². The lowest BCUT2D eigenvalue weighted by Crippen LogP contribution is -2.51. The van der Waals surface area contributed by atoms with Gasteiger partial charge in [0.05, 0.1) is 12.0 Å². The topological polar surface area (TPSA) is 102 Å². The average Bonchev–Trinajstić information content (AvgIpc) is 2.78. The number of nitrogens with one attached hydrogen (secondary N) is 1. The maximum atomic E-state index is 12.7. The molecule has 2 heterocycles. The molecule has 2 aromatic carbocycles. The Kier molecular flexibility index (Phi) is 6.18. The van der Waals surface area contributed by atoms with E-state index in [1.807, 2.05) is 0 Å². The quantitative estimate of drug-likeness (QED) is 0.702. The van der Waals surface area contributed by atoms with Gasteiger partial charge >= 0.3 is 0 Å². The zero-order chi connectivity index (χ0) is 23.6. The van der Waals surface area contributed by atoms with Crippen molar-refractivity contribution in [3.05, 3.63) is 53.6 Å². The highest BCUT2D eigenvalue weighted by atomic mass is 16.5. The van der Waals surface area contributed by atoms with E-state index in [4.69, 9.17) is 9.47 Å². The Morgan fingerprint density at radius 1 is 1.06 bits per heavy atom. The van der Waals surface area contributed by atoms with E-state index >= 15 is 0 Å². The second-order valence-electron chi connectivity index (χ2n) is 8.52. The smallest absolute Gasteiger partial charge is 0.262 e. The first-order chi connectivity index (χ1) is 15.7. The summed E-state index contributed by atoms with van der Waals surface area (Å²) < 4.78 is 11.9. The third kappa shape index (κ3) is 5.05. The number of nitrogens with zero attached hydrogens (tertiary/aromatic N) is 1. The van der Waals surface area contributed by atoms with Gasteiger partial charge in [0.1, 0.15) is 17.1 Å². The number of ether oxygens (including phenoxy) is 2. The summed E-state index contributed by atoms with van der Waals surface area (Å²) in [5, 5.41) is 2.71. The predicted octanol–water partition coefficient (Wildman–Crippen LogP) is 3.25. The number of ketones is 2. The summed E-state index contributed by atoms with van der Waals surface area (Å²) in [4.78, 5) is 49.7. The van der Waals surface area contributed by atoms with E-state index in [0.29, 0.717) is 54.2 Å². The van der Waals surface area contributed by atoms with Gasteiger partial charge in [-0.05, 0) is 43.3 Å². The van der Waals surface area contributed by atoms with Gasteiger partial charge in [0.25, 0.3) is 5.91 Å². The minimum Gasteiger partial charge on any atom is -0.486 e. The van der Waals surface area contributed by atoms with Crippen molar-refractivity contribution in [2.75, 3.05) is 25.0 Å². The van der Waals surface area contributed by atoms with Crippen LogP contribution in [0.5, 0.6) is 11.5 Å².